The average Bonchev–Trinajstić information content (AvgIpc) is 3.00. The molecule has 25 heavy (non-hydrogen) atoms. The highest BCUT2D eigenvalue weighted by Crippen LogP contribution is 2.31. The van der Waals surface area contributed by atoms with Crippen molar-refractivity contribution in [3.8, 4) is 0 Å². The van der Waals surface area contributed by atoms with Crippen molar-refractivity contribution in [2.24, 2.45) is 5.73 Å². The molecule has 1 fully saturated rings. The summed E-state index contributed by atoms with van der Waals surface area (Å²) in [4.78, 5) is 14.7. The van der Waals surface area contributed by atoms with E-state index in [1.807, 2.05) is 18.2 Å². The van der Waals surface area contributed by atoms with Gasteiger partial charge >= 0.3 is 0 Å². The van der Waals surface area contributed by atoms with E-state index in [0.717, 1.165) is 24.8 Å². The topological polar surface area (TPSA) is 105 Å². The van der Waals surface area contributed by atoms with Crippen molar-refractivity contribution in [2.75, 3.05) is 26.3 Å². The fraction of sp³-hybridized carbons (Fsp3) is 0.471. The molecule has 0 bridgehead atoms. The molecule has 8 heteroatoms. The van der Waals surface area contributed by atoms with E-state index in [2.05, 4.69) is 11.9 Å². The van der Waals surface area contributed by atoms with Crippen LogP contribution in [0.3, 0.4) is 0 Å². The molecule has 0 saturated carbocycles. The molecule has 3 N–H and O–H groups in total. The Labute approximate surface area is 147 Å². The number of amides is 1. The van der Waals surface area contributed by atoms with Crippen LogP contribution in [0, 0.1) is 0 Å². The normalized spacial score (nSPS) is 16.4. The molecule has 1 aromatic heterocycles. The van der Waals surface area contributed by atoms with Crippen LogP contribution in [0.4, 0.5) is 0 Å². The van der Waals surface area contributed by atoms with Gasteiger partial charge in [-0.1, -0.05) is 19.4 Å². The molecule has 1 amide bonds. The number of primary amides is 1. The number of unbranched alkanes of at least 4 members (excludes halogenated alkanes) is 1. The summed E-state index contributed by atoms with van der Waals surface area (Å²) in [6.45, 7) is 3.32. The maximum Gasteiger partial charge on any atom is 0.266 e. The van der Waals surface area contributed by atoms with Crippen molar-refractivity contribution >= 4 is 26.8 Å². The average molecular weight is 365 g/mol. The summed E-state index contributed by atoms with van der Waals surface area (Å²) in [5, 5.41) is 0.522. The summed E-state index contributed by atoms with van der Waals surface area (Å²) in [5.74, 6) is -0.779. The van der Waals surface area contributed by atoms with Gasteiger partial charge in [-0.25, -0.2) is 8.42 Å². The Morgan fingerprint density at radius 1 is 1.32 bits per heavy atom. The summed E-state index contributed by atoms with van der Waals surface area (Å²) in [5.41, 5.74) is 7.03. The zero-order chi connectivity index (χ0) is 18.0. The van der Waals surface area contributed by atoms with Gasteiger partial charge in [0.25, 0.3) is 5.91 Å². The number of carbonyl (C=O) groups is 1. The summed E-state index contributed by atoms with van der Waals surface area (Å²) in [6, 6.07) is 5.61. The third-order valence-corrected chi connectivity index (χ3v) is 6.43. The molecule has 1 saturated heterocycles. The van der Waals surface area contributed by atoms with Gasteiger partial charge in [0, 0.05) is 24.0 Å². The quantitative estimate of drug-likeness (QED) is 0.811. The Morgan fingerprint density at radius 2 is 2.04 bits per heavy atom. The van der Waals surface area contributed by atoms with E-state index >= 15 is 0 Å². The number of carbonyl (C=O) groups excluding carboxylic acids is 1. The molecule has 3 rings (SSSR count). The first-order valence-corrected chi connectivity index (χ1v) is 9.91. The number of sulfonamides is 1. The third kappa shape index (κ3) is 3.42. The lowest BCUT2D eigenvalue weighted by Crippen LogP contribution is -2.41. The zero-order valence-electron chi connectivity index (χ0n) is 14.2. The highest BCUT2D eigenvalue weighted by atomic mass is 32.2. The van der Waals surface area contributed by atoms with Gasteiger partial charge in [0.15, 0.2) is 0 Å². The second-order valence-electron chi connectivity index (χ2n) is 6.19. The SMILES string of the molecule is CCCCc1ccc2[nH]c(C(N)=O)c(S(=O)(=O)N3CCOCC3)c2c1. The van der Waals surface area contributed by atoms with E-state index in [0.29, 0.717) is 24.1 Å². The highest BCUT2D eigenvalue weighted by Gasteiger charge is 2.33. The zero-order valence-corrected chi connectivity index (χ0v) is 15.1. The lowest BCUT2D eigenvalue weighted by molar-refractivity contribution is 0.0730. The van der Waals surface area contributed by atoms with Crippen molar-refractivity contribution in [1.82, 2.24) is 9.29 Å². The molecule has 0 radical (unpaired) electrons. The molecular weight excluding hydrogens is 342 g/mol. The number of nitrogens with zero attached hydrogens (tertiary/aromatic N) is 1. The molecule has 2 heterocycles. The Morgan fingerprint density at radius 3 is 2.68 bits per heavy atom. The minimum atomic E-state index is -3.84. The number of fused-ring (bicyclic) bond motifs is 1. The molecule has 0 aliphatic carbocycles. The van der Waals surface area contributed by atoms with Gasteiger partial charge in [0.2, 0.25) is 10.0 Å². The van der Waals surface area contributed by atoms with E-state index in [9.17, 15) is 13.2 Å². The predicted molar refractivity (Wildman–Crippen MR) is 95.0 cm³/mol. The standard InChI is InChI=1S/C17H23N3O4S/c1-2-3-4-12-5-6-14-13(11-12)16(15(19-14)17(18)21)25(22,23)20-7-9-24-10-8-20/h5-6,11,19H,2-4,7-10H2,1H3,(H2,18,21). The van der Waals surface area contributed by atoms with Crippen molar-refractivity contribution in [3.63, 3.8) is 0 Å². The van der Waals surface area contributed by atoms with Crippen LogP contribution in [0.25, 0.3) is 10.9 Å². The monoisotopic (exact) mass is 365 g/mol. The molecule has 0 spiro atoms. The van der Waals surface area contributed by atoms with Gasteiger partial charge in [0.1, 0.15) is 10.6 Å². The lowest BCUT2D eigenvalue weighted by atomic mass is 10.1. The number of benzene rings is 1. The summed E-state index contributed by atoms with van der Waals surface area (Å²) >= 11 is 0. The maximum atomic E-state index is 13.2. The van der Waals surface area contributed by atoms with Gasteiger partial charge in [-0.15, -0.1) is 0 Å². The van der Waals surface area contributed by atoms with Gasteiger partial charge in [-0.05, 0) is 30.5 Å². The van der Waals surface area contributed by atoms with E-state index in [1.165, 1.54) is 4.31 Å². The fourth-order valence-electron chi connectivity index (χ4n) is 3.11. The Hall–Kier alpha value is -1.90. The van der Waals surface area contributed by atoms with Gasteiger partial charge in [-0.3, -0.25) is 4.79 Å². The van der Waals surface area contributed by atoms with Gasteiger partial charge < -0.3 is 15.5 Å². The second-order valence-corrected chi connectivity index (χ2v) is 8.07. The van der Waals surface area contributed by atoms with E-state index in [-0.39, 0.29) is 23.7 Å². The number of ether oxygens (including phenoxy) is 1. The molecular formula is C17H23N3O4S. The van der Waals surface area contributed by atoms with Gasteiger partial charge in [0.05, 0.1) is 13.2 Å². The molecule has 0 unspecified atom stereocenters. The number of rotatable bonds is 6. The van der Waals surface area contributed by atoms with E-state index in [4.69, 9.17) is 10.5 Å². The number of morpholine rings is 1. The van der Waals surface area contributed by atoms with Crippen LogP contribution < -0.4 is 5.73 Å². The number of nitrogens with one attached hydrogen (secondary N) is 1. The van der Waals surface area contributed by atoms with Crippen LogP contribution in [0.5, 0.6) is 0 Å². The van der Waals surface area contributed by atoms with Crippen LogP contribution in [-0.2, 0) is 21.2 Å². The van der Waals surface area contributed by atoms with Crippen LogP contribution in [-0.4, -0.2) is 49.9 Å². The van der Waals surface area contributed by atoms with E-state index < -0.39 is 15.9 Å². The number of aromatic nitrogens is 1. The predicted octanol–water partition coefficient (Wildman–Crippen LogP) is 1.63. The first kappa shape index (κ1) is 17.9. The molecule has 1 aliphatic heterocycles. The number of nitrogens with two attached hydrogens (primary N) is 1. The van der Waals surface area contributed by atoms with E-state index in [1.54, 1.807) is 0 Å². The van der Waals surface area contributed by atoms with Crippen LogP contribution in [0.2, 0.25) is 0 Å². The Kier molecular flexibility index (Phi) is 5.12. The van der Waals surface area contributed by atoms with Crippen molar-refractivity contribution < 1.29 is 17.9 Å². The molecule has 136 valence electrons. The van der Waals surface area contributed by atoms with Crippen LogP contribution >= 0.6 is 0 Å². The molecule has 7 nitrogen and oxygen atoms in total. The largest absolute Gasteiger partial charge is 0.379 e. The lowest BCUT2D eigenvalue weighted by Gasteiger charge is -2.26. The van der Waals surface area contributed by atoms with Crippen molar-refractivity contribution in [2.45, 2.75) is 31.1 Å². The minimum Gasteiger partial charge on any atom is -0.379 e. The Balaban J connectivity index is 2.15. The maximum absolute atomic E-state index is 13.2. The fourth-order valence-corrected chi connectivity index (χ4v) is 4.85. The summed E-state index contributed by atoms with van der Waals surface area (Å²) in [7, 11) is -3.84. The Bertz CT molecular complexity index is 883. The van der Waals surface area contributed by atoms with Crippen molar-refractivity contribution in [1.29, 1.82) is 0 Å². The number of H-pyrrole nitrogens is 1. The highest BCUT2D eigenvalue weighted by molar-refractivity contribution is 7.89. The smallest absolute Gasteiger partial charge is 0.266 e. The minimum absolute atomic E-state index is 0.0183. The number of aryl methyl sites for hydroxylation is 1. The first-order valence-electron chi connectivity index (χ1n) is 8.47. The summed E-state index contributed by atoms with van der Waals surface area (Å²) in [6.07, 6.45) is 2.93. The molecule has 1 aliphatic rings. The number of hydrogen-bond acceptors (Lipinski definition) is 4. The third-order valence-electron chi connectivity index (χ3n) is 4.45. The number of aromatic amines is 1. The van der Waals surface area contributed by atoms with Crippen LogP contribution in [0.15, 0.2) is 23.1 Å². The second kappa shape index (κ2) is 7.15. The first-order chi connectivity index (χ1) is 11.9. The number of hydrogen-bond donors (Lipinski definition) is 2. The van der Waals surface area contributed by atoms with Crippen molar-refractivity contribution in [3.05, 3.63) is 29.5 Å². The molecule has 1 aromatic carbocycles. The van der Waals surface area contributed by atoms with Gasteiger partial charge in [-0.2, -0.15) is 4.31 Å². The summed E-state index contributed by atoms with van der Waals surface area (Å²) < 4.78 is 32.9. The molecule has 0 atom stereocenters. The van der Waals surface area contributed by atoms with Crippen LogP contribution in [0.1, 0.15) is 35.8 Å². The molecule has 2 aromatic rings.